The highest BCUT2D eigenvalue weighted by Crippen LogP contribution is 2.25. The third-order valence-corrected chi connectivity index (χ3v) is 7.13. The first-order valence-electron chi connectivity index (χ1n) is 8.54. The summed E-state index contributed by atoms with van der Waals surface area (Å²) in [6.45, 7) is 0.285. The molecule has 1 aromatic heterocycles. The van der Waals surface area contributed by atoms with E-state index in [4.69, 9.17) is 16.3 Å². The van der Waals surface area contributed by atoms with Crippen molar-refractivity contribution in [1.29, 1.82) is 0 Å². The monoisotopic (exact) mass is 450 g/mol. The van der Waals surface area contributed by atoms with E-state index in [1.165, 1.54) is 17.0 Å². The molecule has 0 atom stereocenters. The summed E-state index contributed by atoms with van der Waals surface area (Å²) in [6, 6.07) is 14.8. The van der Waals surface area contributed by atoms with Gasteiger partial charge >= 0.3 is 0 Å². The van der Waals surface area contributed by atoms with Crippen LogP contribution in [0, 0.1) is 0 Å². The number of amides is 1. The number of nitrogens with zero attached hydrogens (tertiary/aromatic N) is 1. The van der Waals surface area contributed by atoms with Gasteiger partial charge in [0.1, 0.15) is 9.96 Å². The topological polar surface area (TPSA) is 75.7 Å². The maximum Gasteiger partial charge on any atom is 0.271 e. The van der Waals surface area contributed by atoms with Crippen LogP contribution in [0.3, 0.4) is 0 Å². The molecule has 0 saturated carbocycles. The molecule has 9 heteroatoms. The number of carbonyl (C=O) groups is 1. The zero-order chi connectivity index (χ0) is 21.0. The van der Waals surface area contributed by atoms with Crippen molar-refractivity contribution in [2.45, 2.75) is 10.8 Å². The fourth-order valence-electron chi connectivity index (χ4n) is 2.76. The van der Waals surface area contributed by atoms with Crippen molar-refractivity contribution in [3.63, 3.8) is 0 Å². The molecule has 0 fully saturated rings. The molecule has 1 amide bonds. The summed E-state index contributed by atoms with van der Waals surface area (Å²) in [5, 5.41) is 2.24. The third-order valence-electron chi connectivity index (χ3n) is 4.12. The maximum atomic E-state index is 12.9. The van der Waals surface area contributed by atoms with E-state index in [-0.39, 0.29) is 16.7 Å². The fourth-order valence-corrected chi connectivity index (χ4v) is 4.99. The van der Waals surface area contributed by atoms with E-state index in [0.29, 0.717) is 22.0 Å². The van der Waals surface area contributed by atoms with Crippen molar-refractivity contribution < 1.29 is 17.9 Å². The summed E-state index contributed by atoms with van der Waals surface area (Å²) in [7, 11) is -0.471. The highest BCUT2D eigenvalue weighted by Gasteiger charge is 2.18. The van der Waals surface area contributed by atoms with Crippen molar-refractivity contribution in [3.05, 3.63) is 76.1 Å². The minimum absolute atomic E-state index is 0.208. The minimum Gasteiger partial charge on any atom is -0.496 e. The van der Waals surface area contributed by atoms with E-state index < -0.39 is 10.0 Å². The summed E-state index contributed by atoms with van der Waals surface area (Å²) in [6.07, 6.45) is 0. The first-order chi connectivity index (χ1) is 13.8. The van der Waals surface area contributed by atoms with Crippen LogP contribution in [0.1, 0.15) is 15.9 Å². The van der Waals surface area contributed by atoms with E-state index in [2.05, 4.69) is 4.72 Å². The van der Waals surface area contributed by atoms with E-state index in [9.17, 15) is 13.2 Å². The molecule has 29 heavy (non-hydrogen) atoms. The van der Waals surface area contributed by atoms with Gasteiger partial charge in [0, 0.05) is 35.4 Å². The zero-order valence-corrected chi connectivity index (χ0v) is 18.1. The largest absolute Gasteiger partial charge is 0.496 e. The van der Waals surface area contributed by atoms with Crippen LogP contribution in [-0.4, -0.2) is 33.4 Å². The van der Waals surface area contributed by atoms with Gasteiger partial charge in [0.25, 0.3) is 15.9 Å². The predicted molar refractivity (Wildman–Crippen MR) is 115 cm³/mol. The number of carbonyl (C=O) groups excluding carboxylic acids is 1. The Bertz CT molecular complexity index is 1120. The Kier molecular flexibility index (Phi) is 6.46. The Morgan fingerprint density at radius 3 is 2.66 bits per heavy atom. The number of thiophene rings is 1. The summed E-state index contributed by atoms with van der Waals surface area (Å²) >= 11 is 7.18. The van der Waals surface area contributed by atoms with Crippen molar-refractivity contribution in [1.82, 2.24) is 4.90 Å². The highest BCUT2D eigenvalue weighted by molar-refractivity contribution is 7.94. The van der Waals surface area contributed by atoms with Crippen LogP contribution < -0.4 is 9.46 Å². The zero-order valence-electron chi connectivity index (χ0n) is 15.8. The Morgan fingerprint density at radius 1 is 1.17 bits per heavy atom. The van der Waals surface area contributed by atoms with Crippen molar-refractivity contribution in [3.8, 4) is 5.75 Å². The molecule has 0 aliphatic heterocycles. The Morgan fingerprint density at radius 2 is 1.97 bits per heavy atom. The second-order valence-electron chi connectivity index (χ2n) is 6.24. The number of hydrogen-bond donors (Lipinski definition) is 1. The second-order valence-corrected chi connectivity index (χ2v) is 9.53. The Hall–Kier alpha value is -2.55. The lowest BCUT2D eigenvalue weighted by Gasteiger charge is -2.19. The fraction of sp³-hybridized carbons (Fsp3) is 0.150. The molecule has 152 valence electrons. The lowest BCUT2D eigenvalue weighted by atomic mass is 10.1. The van der Waals surface area contributed by atoms with Gasteiger partial charge in [-0.25, -0.2) is 8.42 Å². The molecule has 0 saturated heterocycles. The molecule has 0 aliphatic rings. The van der Waals surface area contributed by atoms with Crippen LogP contribution in [0.15, 0.2) is 64.2 Å². The van der Waals surface area contributed by atoms with Crippen molar-refractivity contribution in [2.24, 2.45) is 0 Å². The van der Waals surface area contributed by atoms with Gasteiger partial charge in [-0.2, -0.15) is 0 Å². The number of sulfonamides is 1. The molecule has 0 radical (unpaired) electrons. The van der Waals surface area contributed by atoms with Crippen LogP contribution in [0.2, 0.25) is 5.02 Å². The summed E-state index contributed by atoms with van der Waals surface area (Å²) in [5.74, 6) is 0.371. The SMILES string of the molecule is COc1ccc(Cl)cc1CN(C)C(=O)c1cccc(NS(=O)(=O)c2cccs2)c1. The minimum atomic E-state index is -3.68. The van der Waals surface area contributed by atoms with Gasteiger partial charge in [-0.15, -0.1) is 11.3 Å². The molecule has 0 bridgehead atoms. The molecule has 1 N–H and O–H groups in total. The van der Waals surface area contributed by atoms with Crippen LogP contribution in [-0.2, 0) is 16.6 Å². The molecule has 6 nitrogen and oxygen atoms in total. The van der Waals surface area contributed by atoms with Gasteiger partial charge in [-0.05, 0) is 47.8 Å². The van der Waals surface area contributed by atoms with Crippen molar-refractivity contribution >= 4 is 44.6 Å². The van der Waals surface area contributed by atoms with Gasteiger partial charge in [0.2, 0.25) is 0 Å². The normalized spacial score (nSPS) is 11.1. The summed E-state index contributed by atoms with van der Waals surface area (Å²) in [4.78, 5) is 14.4. The molecule has 0 aliphatic carbocycles. The number of methoxy groups -OCH3 is 1. The van der Waals surface area contributed by atoms with Crippen LogP contribution >= 0.6 is 22.9 Å². The number of nitrogens with one attached hydrogen (secondary N) is 1. The van der Waals surface area contributed by atoms with E-state index in [1.807, 2.05) is 0 Å². The number of anilines is 1. The average Bonchev–Trinajstić information content (AvgIpc) is 3.23. The van der Waals surface area contributed by atoms with Gasteiger partial charge < -0.3 is 9.64 Å². The van der Waals surface area contributed by atoms with Crippen LogP contribution in [0.5, 0.6) is 5.75 Å². The van der Waals surface area contributed by atoms with Gasteiger partial charge in [0.05, 0.1) is 7.11 Å². The maximum absolute atomic E-state index is 12.9. The molecule has 0 spiro atoms. The molecule has 3 aromatic rings. The third kappa shape index (κ3) is 5.09. The number of ether oxygens (including phenoxy) is 1. The lowest BCUT2D eigenvalue weighted by molar-refractivity contribution is 0.0784. The number of benzene rings is 2. The standard InChI is InChI=1S/C20H19ClN2O4S2/c1-23(13-15-11-16(21)8-9-18(15)27-2)20(24)14-5-3-6-17(12-14)22-29(25,26)19-7-4-10-28-19/h3-12,22H,13H2,1-2H3. The predicted octanol–water partition coefficient (Wildman–Crippen LogP) is 4.48. The highest BCUT2D eigenvalue weighted by atomic mass is 35.5. The summed E-state index contributed by atoms with van der Waals surface area (Å²) in [5.41, 5.74) is 1.45. The molecule has 1 heterocycles. The molecule has 0 unspecified atom stereocenters. The average molecular weight is 451 g/mol. The Balaban J connectivity index is 1.78. The lowest BCUT2D eigenvalue weighted by Crippen LogP contribution is -2.26. The van der Waals surface area contributed by atoms with Crippen molar-refractivity contribution in [2.75, 3.05) is 18.9 Å². The number of rotatable bonds is 7. The Labute approximate surface area is 178 Å². The first-order valence-corrected chi connectivity index (χ1v) is 11.3. The van der Waals surface area contributed by atoms with Gasteiger partial charge in [-0.1, -0.05) is 23.7 Å². The molecule has 3 rings (SSSR count). The van der Waals surface area contributed by atoms with E-state index in [1.54, 1.807) is 62.0 Å². The van der Waals surface area contributed by atoms with E-state index in [0.717, 1.165) is 16.9 Å². The number of halogens is 1. The first kappa shape index (κ1) is 21.2. The van der Waals surface area contributed by atoms with Crippen LogP contribution in [0.4, 0.5) is 5.69 Å². The molecular formula is C20H19ClN2O4S2. The van der Waals surface area contributed by atoms with E-state index >= 15 is 0 Å². The molecular weight excluding hydrogens is 432 g/mol. The molecule has 2 aromatic carbocycles. The smallest absolute Gasteiger partial charge is 0.271 e. The second kappa shape index (κ2) is 8.86. The van der Waals surface area contributed by atoms with Gasteiger partial charge in [-0.3, -0.25) is 9.52 Å². The summed E-state index contributed by atoms with van der Waals surface area (Å²) < 4.78 is 32.8. The quantitative estimate of drug-likeness (QED) is 0.575. The van der Waals surface area contributed by atoms with Gasteiger partial charge in [0.15, 0.2) is 0 Å². The number of hydrogen-bond acceptors (Lipinski definition) is 5. The van der Waals surface area contributed by atoms with Crippen LogP contribution in [0.25, 0.3) is 0 Å².